The molecule has 0 bridgehead atoms. The number of thioether (sulfide) groups is 2. The van der Waals surface area contributed by atoms with Gasteiger partial charge < -0.3 is 10.2 Å². The number of fused-ring (bicyclic) bond motifs is 1. The van der Waals surface area contributed by atoms with Crippen LogP contribution in [0.1, 0.15) is 31.9 Å². The summed E-state index contributed by atoms with van der Waals surface area (Å²) in [6, 6.07) is 25.9. The van der Waals surface area contributed by atoms with Crippen LogP contribution in [0.15, 0.2) is 92.6 Å². The Labute approximate surface area is 226 Å². The van der Waals surface area contributed by atoms with Crippen LogP contribution in [0.5, 0.6) is 0 Å². The van der Waals surface area contributed by atoms with Crippen LogP contribution in [-0.2, 0) is 11.3 Å². The molecule has 0 radical (unpaired) electrons. The normalized spacial score (nSPS) is 18.4. The van der Waals surface area contributed by atoms with E-state index in [9.17, 15) is 10.1 Å². The lowest BCUT2D eigenvalue weighted by Gasteiger charge is -2.23. The van der Waals surface area contributed by atoms with Crippen molar-refractivity contribution in [2.24, 2.45) is 4.99 Å². The quantitative estimate of drug-likeness (QED) is 0.372. The summed E-state index contributed by atoms with van der Waals surface area (Å²) in [6.45, 7) is 6.57. The lowest BCUT2D eigenvalue weighted by molar-refractivity contribution is -0.122. The lowest BCUT2D eigenvalue weighted by Crippen LogP contribution is -2.29. The highest BCUT2D eigenvalue weighted by Gasteiger charge is 2.39. The number of hydrogen-bond acceptors (Lipinski definition) is 7. The minimum Gasteiger partial charge on any atom is -0.379 e. The molecule has 0 spiro atoms. The number of benzene rings is 3. The molecular weight excluding hydrogens is 498 g/mol. The Morgan fingerprint density at radius 1 is 1.00 bits per heavy atom. The maximum absolute atomic E-state index is 13.8. The SMILES string of the molecule is CN1/C(=C2\SC(=Nc3ccc(NC(C)(C)C)c(C#N)c3)N(Cc3ccccc3)C2=O)Sc2ccccc21. The van der Waals surface area contributed by atoms with Crippen LogP contribution >= 0.6 is 23.5 Å². The summed E-state index contributed by atoms with van der Waals surface area (Å²) in [4.78, 5) is 24.3. The summed E-state index contributed by atoms with van der Waals surface area (Å²) in [5.41, 5.74) is 3.84. The predicted molar refractivity (Wildman–Crippen MR) is 154 cm³/mol. The van der Waals surface area contributed by atoms with Gasteiger partial charge in [0, 0.05) is 17.5 Å². The number of nitrogens with one attached hydrogen (secondary N) is 1. The van der Waals surface area contributed by atoms with E-state index in [1.807, 2.05) is 61.6 Å². The molecule has 1 amide bonds. The molecule has 1 fully saturated rings. The van der Waals surface area contributed by atoms with Crippen molar-refractivity contribution in [3.63, 3.8) is 0 Å². The minimum atomic E-state index is -0.178. The average molecular weight is 526 g/mol. The lowest BCUT2D eigenvalue weighted by atomic mass is 10.1. The Hall–Kier alpha value is -3.67. The third-order valence-corrected chi connectivity index (χ3v) is 8.27. The second-order valence-corrected chi connectivity index (χ2v) is 11.9. The maximum Gasteiger partial charge on any atom is 0.269 e. The number of para-hydroxylation sites is 1. The molecule has 6 nitrogen and oxygen atoms in total. The fourth-order valence-electron chi connectivity index (χ4n) is 4.14. The van der Waals surface area contributed by atoms with E-state index in [1.54, 1.807) is 22.7 Å². The van der Waals surface area contributed by atoms with Gasteiger partial charge in [0.05, 0.1) is 34.2 Å². The molecule has 0 saturated carbocycles. The molecule has 186 valence electrons. The molecule has 2 aliphatic heterocycles. The van der Waals surface area contributed by atoms with Gasteiger partial charge in [-0.1, -0.05) is 54.2 Å². The third-order valence-electron chi connectivity index (χ3n) is 5.84. The van der Waals surface area contributed by atoms with Gasteiger partial charge in [-0.25, -0.2) is 4.99 Å². The number of carbonyl (C=O) groups excluding carboxylic acids is 1. The first kappa shape index (κ1) is 25.0. The largest absolute Gasteiger partial charge is 0.379 e. The summed E-state index contributed by atoms with van der Waals surface area (Å²) >= 11 is 2.99. The Morgan fingerprint density at radius 2 is 1.73 bits per heavy atom. The Kier molecular flexibility index (Phi) is 6.76. The van der Waals surface area contributed by atoms with Crippen molar-refractivity contribution in [1.29, 1.82) is 5.26 Å². The molecule has 5 rings (SSSR count). The monoisotopic (exact) mass is 525 g/mol. The highest BCUT2D eigenvalue weighted by molar-refractivity contribution is 8.19. The molecule has 1 N–H and O–H groups in total. The molecule has 2 aliphatic rings. The number of carbonyl (C=O) groups is 1. The van der Waals surface area contributed by atoms with E-state index in [0.717, 1.165) is 26.9 Å². The number of rotatable bonds is 4. The molecule has 3 aromatic rings. The number of hydrogen-bond donors (Lipinski definition) is 1. The van der Waals surface area contributed by atoms with Crippen molar-refractivity contribution >= 4 is 51.7 Å². The van der Waals surface area contributed by atoms with Gasteiger partial charge in [-0.2, -0.15) is 5.26 Å². The smallest absolute Gasteiger partial charge is 0.269 e. The van der Waals surface area contributed by atoms with E-state index in [2.05, 4.69) is 49.2 Å². The minimum absolute atomic E-state index is 0.0683. The van der Waals surface area contributed by atoms with E-state index in [-0.39, 0.29) is 11.4 Å². The molecule has 2 heterocycles. The zero-order valence-electron chi connectivity index (χ0n) is 21.1. The second-order valence-electron chi connectivity index (χ2n) is 9.85. The molecule has 1 saturated heterocycles. The number of aliphatic imine (C=N–C) groups is 1. The number of amidine groups is 1. The van der Waals surface area contributed by atoms with E-state index >= 15 is 0 Å². The number of nitriles is 1. The van der Waals surface area contributed by atoms with Crippen molar-refractivity contribution < 1.29 is 4.79 Å². The summed E-state index contributed by atoms with van der Waals surface area (Å²) < 4.78 is 0. The van der Waals surface area contributed by atoms with Crippen LogP contribution < -0.4 is 10.2 Å². The molecule has 0 unspecified atom stereocenters. The van der Waals surface area contributed by atoms with Crippen LogP contribution in [0, 0.1) is 11.3 Å². The first-order chi connectivity index (χ1) is 17.7. The number of anilines is 2. The van der Waals surface area contributed by atoms with E-state index in [1.165, 1.54) is 11.8 Å². The highest BCUT2D eigenvalue weighted by Crippen LogP contribution is 2.50. The van der Waals surface area contributed by atoms with E-state index in [0.29, 0.717) is 27.9 Å². The van der Waals surface area contributed by atoms with Gasteiger partial charge >= 0.3 is 0 Å². The van der Waals surface area contributed by atoms with Crippen molar-refractivity contribution in [3.05, 3.63) is 93.9 Å². The van der Waals surface area contributed by atoms with Gasteiger partial charge in [0.15, 0.2) is 5.17 Å². The summed E-state index contributed by atoms with van der Waals surface area (Å²) in [5.74, 6) is -0.0683. The molecule has 0 aliphatic carbocycles. The summed E-state index contributed by atoms with van der Waals surface area (Å²) in [7, 11) is 1.99. The van der Waals surface area contributed by atoms with Crippen molar-refractivity contribution in [2.45, 2.75) is 37.8 Å². The Morgan fingerprint density at radius 3 is 2.43 bits per heavy atom. The number of amides is 1. The molecule has 8 heteroatoms. The van der Waals surface area contributed by atoms with Gasteiger partial charge in [-0.15, -0.1) is 0 Å². The maximum atomic E-state index is 13.8. The van der Waals surface area contributed by atoms with Crippen LogP contribution in [0.25, 0.3) is 0 Å². The zero-order valence-corrected chi connectivity index (χ0v) is 22.8. The van der Waals surface area contributed by atoms with Gasteiger partial charge in [0.2, 0.25) is 0 Å². The topological polar surface area (TPSA) is 71.7 Å². The highest BCUT2D eigenvalue weighted by atomic mass is 32.2. The van der Waals surface area contributed by atoms with Gasteiger partial charge in [0.25, 0.3) is 5.91 Å². The fourth-order valence-corrected chi connectivity index (χ4v) is 6.48. The predicted octanol–water partition coefficient (Wildman–Crippen LogP) is 6.94. The molecule has 37 heavy (non-hydrogen) atoms. The standard InChI is InChI=1S/C29H27N5OS2/c1-29(2,3)32-22-15-14-21(16-20(22)17-30)31-28-34(18-19-10-6-5-7-11-19)26(35)25(37-28)27-33(4)23-12-8-9-13-24(23)36-27/h5-16,32H,18H2,1-4H3/b27-25+,31-28?. The van der Waals surface area contributed by atoms with Crippen molar-refractivity contribution in [2.75, 3.05) is 17.3 Å². The first-order valence-corrected chi connectivity index (χ1v) is 13.6. The van der Waals surface area contributed by atoms with Crippen LogP contribution in [0.3, 0.4) is 0 Å². The molecule has 0 atom stereocenters. The second kappa shape index (κ2) is 10.0. The number of nitrogens with zero attached hydrogens (tertiary/aromatic N) is 4. The third kappa shape index (κ3) is 5.24. The van der Waals surface area contributed by atoms with Crippen LogP contribution in [0.2, 0.25) is 0 Å². The van der Waals surface area contributed by atoms with Crippen molar-refractivity contribution in [3.8, 4) is 6.07 Å². The van der Waals surface area contributed by atoms with Crippen LogP contribution in [-0.4, -0.2) is 28.6 Å². The van der Waals surface area contributed by atoms with Crippen LogP contribution in [0.4, 0.5) is 17.1 Å². The van der Waals surface area contributed by atoms with Gasteiger partial charge in [-0.05, 0) is 68.4 Å². The van der Waals surface area contributed by atoms with Gasteiger partial charge in [-0.3, -0.25) is 9.69 Å². The Balaban J connectivity index is 1.54. The zero-order chi connectivity index (χ0) is 26.2. The summed E-state index contributed by atoms with van der Waals surface area (Å²) in [5, 5.41) is 14.6. The summed E-state index contributed by atoms with van der Waals surface area (Å²) in [6.07, 6.45) is 0. The Bertz CT molecular complexity index is 1470. The fraction of sp³-hybridized carbons (Fsp3) is 0.207. The first-order valence-electron chi connectivity index (χ1n) is 11.9. The molecule has 3 aromatic carbocycles. The molecule has 0 aromatic heterocycles. The van der Waals surface area contributed by atoms with E-state index in [4.69, 9.17) is 4.99 Å². The van der Waals surface area contributed by atoms with Gasteiger partial charge in [0.1, 0.15) is 11.0 Å². The van der Waals surface area contributed by atoms with Crippen molar-refractivity contribution in [1.82, 2.24) is 4.90 Å². The average Bonchev–Trinajstić information content (AvgIpc) is 3.36. The molecular formula is C29H27N5OS2. The van der Waals surface area contributed by atoms with E-state index < -0.39 is 0 Å².